The van der Waals surface area contributed by atoms with Crippen LogP contribution < -0.4 is 5.32 Å². The van der Waals surface area contributed by atoms with Gasteiger partial charge < -0.3 is 10.2 Å². The summed E-state index contributed by atoms with van der Waals surface area (Å²) in [5, 5.41) is 2.60. The number of halogens is 1. The van der Waals surface area contributed by atoms with Gasteiger partial charge in [-0.15, -0.1) is 0 Å². The fraction of sp³-hybridized carbons (Fsp3) is 0.462. The number of carbonyl (C=O) groups excluding carboxylic acids is 1. The molecule has 98 valence electrons. The fourth-order valence-corrected chi connectivity index (χ4v) is 1.96. The number of rotatable bonds is 3. The molecule has 1 aliphatic heterocycles. The standard InChI is InChI=1S/C13H18FN3O/c1-16-6-8-17(9-7-16)10-13(18)15-12-5-3-2-4-11(12)14/h2-5H,6-10H2,1H3,(H,15,18). The lowest BCUT2D eigenvalue weighted by atomic mass is 10.3. The molecular weight excluding hydrogens is 233 g/mol. The van der Waals surface area contributed by atoms with Gasteiger partial charge in [-0.25, -0.2) is 4.39 Å². The van der Waals surface area contributed by atoms with E-state index < -0.39 is 5.82 Å². The van der Waals surface area contributed by atoms with Crippen molar-refractivity contribution < 1.29 is 9.18 Å². The largest absolute Gasteiger partial charge is 0.322 e. The molecule has 1 aromatic rings. The molecule has 1 fully saturated rings. The van der Waals surface area contributed by atoms with E-state index in [-0.39, 0.29) is 11.6 Å². The number of amides is 1. The van der Waals surface area contributed by atoms with Crippen LogP contribution in [0.2, 0.25) is 0 Å². The van der Waals surface area contributed by atoms with Crippen LogP contribution in [0.25, 0.3) is 0 Å². The highest BCUT2D eigenvalue weighted by molar-refractivity contribution is 5.92. The zero-order chi connectivity index (χ0) is 13.0. The Morgan fingerprint density at radius 1 is 1.28 bits per heavy atom. The lowest BCUT2D eigenvalue weighted by Crippen LogP contribution is -2.47. The van der Waals surface area contributed by atoms with Crippen LogP contribution in [0.15, 0.2) is 24.3 Å². The minimum absolute atomic E-state index is 0.162. The summed E-state index contributed by atoms with van der Waals surface area (Å²) in [7, 11) is 2.07. The summed E-state index contributed by atoms with van der Waals surface area (Å²) in [4.78, 5) is 16.1. The van der Waals surface area contributed by atoms with Gasteiger partial charge in [0.2, 0.25) is 5.91 Å². The number of nitrogens with one attached hydrogen (secondary N) is 1. The van der Waals surface area contributed by atoms with Gasteiger partial charge >= 0.3 is 0 Å². The van der Waals surface area contributed by atoms with E-state index in [1.807, 2.05) is 0 Å². The van der Waals surface area contributed by atoms with Gasteiger partial charge in [0.25, 0.3) is 0 Å². The normalized spacial score (nSPS) is 17.7. The van der Waals surface area contributed by atoms with Crippen molar-refractivity contribution in [2.24, 2.45) is 0 Å². The maximum absolute atomic E-state index is 13.3. The minimum Gasteiger partial charge on any atom is -0.322 e. The smallest absolute Gasteiger partial charge is 0.238 e. The molecule has 0 bridgehead atoms. The summed E-state index contributed by atoms with van der Waals surface area (Å²) in [5.41, 5.74) is 0.247. The molecule has 1 amide bonds. The van der Waals surface area contributed by atoms with Crippen molar-refractivity contribution in [1.82, 2.24) is 9.80 Å². The van der Waals surface area contributed by atoms with Crippen LogP contribution in [0.5, 0.6) is 0 Å². The van der Waals surface area contributed by atoms with Gasteiger partial charge in [0, 0.05) is 26.2 Å². The molecule has 1 saturated heterocycles. The van der Waals surface area contributed by atoms with E-state index >= 15 is 0 Å². The molecule has 0 aromatic heterocycles. The van der Waals surface area contributed by atoms with Crippen molar-refractivity contribution in [3.05, 3.63) is 30.1 Å². The number of carbonyl (C=O) groups is 1. The number of benzene rings is 1. The summed E-state index contributed by atoms with van der Waals surface area (Å²) in [6, 6.07) is 6.21. The third-order valence-electron chi connectivity index (χ3n) is 3.11. The highest BCUT2D eigenvalue weighted by Crippen LogP contribution is 2.12. The van der Waals surface area contributed by atoms with E-state index in [1.165, 1.54) is 6.07 Å². The highest BCUT2D eigenvalue weighted by Gasteiger charge is 2.16. The Balaban J connectivity index is 1.84. The van der Waals surface area contributed by atoms with Crippen LogP contribution in [0.4, 0.5) is 10.1 Å². The molecule has 18 heavy (non-hydrogen) atoms. The number of piperazine rings is 1. The van der Waals surface area contributed by atoms with Crippen molar-refractivity contribution in [3.8, 4) is 0 Å². The SMILES string of the molecule is CN1CCN(CC(=O)Nc2ccccc2F)CC1. The molecule has 0 atom stereocenters. The van der Waals surface area contributed by atoms with Crippen LogP contribution in [0, 0.1) is 5.82 Å². The monoisotopic (exact) mass is 251 g/mol. The highest BCUT2D eigenvalue weighted by atomic mass is 19.1. The molecule has 0 unspecified atom stereocenters. The van der Waals surface area contributed by atoms with E-state index in [0.29, 0.717) is 6.54 Å². The van der Waals surface area contributed by atoms with Gasteiger partial charge in [-0.1, -0.05) is 12.1 Å². The Hall–Kier alpha value is -1.46. The van der Waals surface area contributed by atoms with Gasteiger partial charge in [-0.2, -0.15) is 0 Å². The lowest BCUT2D eigenvalue weighted by Gasteiger charge is -2.31. The molecule has 1 aromatic carbocycles. The average molecular weight is 251 g/mol. The van der Waals surface area contributed by atoms with Crippen molar-refractivity contribution in [2.45, 2.75) is 0 Å². The van der Waals surface area contributed by atoms with E-state index in [9.17, 15) is 9.18 Å². The second-order valence-corrected chi connectivity index (χ2v) is 4.61. The summed E-state index contributed by atoms with van der Waals surface area (Å²) in [6.45, 7) is 4.00. The van der Waals surface area contributed by atoms with Crippen molar-refractivity contribution in [3.63, 3.8) is 0 Å². The van der Waals surface area contributed by atoms with Crippen molar-refractivity contribution in [2.75, 3.05) is 45.1 Å². The van der Waals surface area contributed by atoms with Crippen LogP contribution in [-0.2, 0) is 4.79 Å². The lowest BCUT2D eigenvalue weighted by molar-refractivity contribution is -0.117. The zero-order valence-corrected chi connectivity index (χ0v) is 10.5. The van der Waals surface area contributed by atoms with Crippen LogP contribution in [-0.4, -0.2) is 55.5 Å². The summed E-state index contributed by atoms with van der Waals surface area (Å²) in [6.07, 6.45) is 0. The molecular formula is C13H18FN3O. The molecule has 1 heterocycles. The van der Waals surface area contributed by atoms with Gasteiger partial charge in [0.15, 0.2) is 0 Å². The zero-order valence-electron chi connectivity index (χ0n) is 10.5. The topological polar surface area (TPSA) is 35.6 Å². The number of nitrogens with zero attached hydrogens (tertiary/aromatic N) is 2. The van der Waals surface area contributed by atoms with E-state index in [2.05, 4.69) is 22.2 Å². The maximum Gasteiger partial charge on any atom is 0.238 e. The van der Waals surface area contributed by atoms with Gasteiger partial charge in [0.1, 0.15) is 5.82 Å². The Morgan fingerprint density at radius 2 is 1.94 bits per heavy atom. The second-order valence-electron chi connectivity index (χ2n) is 4.61. The summed E-state index contributed by atoms with van der Waals surface area (Å²) < 4.78 is 13.3. The Labute approximate surface area is 106 Å². The fourth-order valence-electron chi connectivity index (χ4n) is 1.96. The molecule has 0 saturated carbocycles. The Bertz CT molecular complexity index is 416. The first-order valence-electron chi connectivity index (χ1n) is 6.10. The molecule has 0 spiro atoms. The summed E-state index contributed by atoms with van der Waals surface area (Å²) in [5.74, 6) is -0.561. The molecule has 1 N–H and O–H groups in total. The van der Waals surface area contributed by atoms with Gasteiger partial charge in [-0.05, 0) is 19.2 Å². The third kappa shape index (κ3) is 3.51. The number of hydrogen-bond donors (Lipinski definition) is 1. The summed E-state index contributed by atoms with van der Waals surface area (Å²) >= 11 is 0. The van der Waals surface area contributed by atoms with Crippen LogP contribution >= 0.6 is 0 Å². The molecule has 1 aliphatic rings. The van der Waals surface area contributed by atoms with Crippen LogP contribution in [0.1, 0.15) is 0 Å². The predicted molar refractivity (Wildman–Crippen MR) is 69.0 cm³/mol. The number of hydrogen-bond acceptors (Lipinski definition) is 3. The molecule has 5 heteroatoms. The van der Waals surface area contributed by atoms with E-state index in [1.54, 1.807) is 18.2 Å². The molecule has 0 aliphatic carbocycles. The minimum atomic E-state index is -0.399. The number of para-hydroxylation sites is 1. The first-order chi connectivity index (χ1) is 8.65. The maximum atomic E-state index is 13.3. The molecule has 0 radical (unpaired) electrons. The first-order valence-corrected chi connectivity index (χ1v) is 6.10. The Morgan fingerprint density at radius 3 is 2.61 bits per heavy atom. The number of anilines is 1. The predicted octanol–water partition coefficient (Wildman–Crippen LogP) is 1.01. The van der Waals surface area contributed by atoms with E-state index in [4.69, 9.17) is 0 Å². The first kappa shape index (κ1) is 13.0. The second kappa shape index (κ2) is 5.93. The molecule has 4 nitrogen and oxygen atoms in total. The number of likely N-dealkylation sites (N-methyl/N-ethyl adjacent to an activating group) is 1. The van der Waals surface area contributed by atoms with Gasteiger partial charge in [-0.3, -0.25) is 9.69 Å². The molecule has 2 rings (SSSR count). The van der Waals surface area contributed by atoms with Crippen LogP contribution in [0.3, 0.4) is 0 Å². The quantitative estimate of drug-likeness (QED) is 0.871. The van der Waals surface area contributed by atoms with Crippen molar-refractivity contribution >= 4 is 11.6 Å². The third-order valence-corrected chi connectivity index (χ3v) is 3.11. The average Bonchev–Trinajstić information content (AvgIpc) is 2.35. The van der Waals surface area contributed by atoms with Gasteiger partial charge in [0.05, 0.1) is 12.2 Å². The van der Waals surface area contributed by atoms with Crippen molar-refractivity contribution in [1.29, 1.82) is 0 Å². The van der Waals surface area contributed by atoms with E-state index in [0.717, 1.165) is 26.2 Å². The Kier molecular flexibility index (Phi) is 4.28.